The molecule has 8 heteroatoms. The Bertz CT molecular complexity index is 1300. The van der Waals surface area contributed by atoms with Crippen molar-refractivity contribution in [2.75, 3.05) is 5.32 Å². The van der Waals surface area contributed by atoms with Gasteiger partial charge in [-0.1, -0.05) is 36.4 Å². The fourth-order valence-corrected chi connectivity index (χ4v) is 3.08. The van der Waals surface area contributed by atoms with Crippen LogP contribution in [-0.2, 0) is 6.54 Å². The number of H-pyrrole nitrogens is 2. The predicted molar refractivity (Wildman–Crippen MR) is 102 cm³/mol. The van der Waals surface area contributed by atoms with E-state index >= 15 is 0 Å². The van der Waals surface area contributed by atoms with Gasteiger partial charge in [-0.3, -0.25) is 0 Å². The van der Waals surface area contributed by atoms with E-state index in [1.165, 1.54) is 6.33 Å². The Balaban J connectivity index is 1.50. The smallest absolute Gasteiger partial charge is 0.323 e. The number of nitrogens with one attached hydrogen (secondary N) is 3. The van der Waals surface area contributed by atoms with E-state index in [4.69, 9.17) is 0 Å². The molecule has 132 valence electrons. The number of nitrogens with zero attached hydrogens (tertiary/aromatic N) is 4. The van der Waals surface area contributed by atoms with Crippen molar-refractivity contribution in [2.24, 2.45) is 0 Å². The molecule has 0 unspecified atom stereocenters. The lowest BCUT2D eigenvalue weighted by atomic mass is 10.1. The summed E-state index contributed by atoms with van der Waals surface area (Å²) in [5, 5.41) is 7.64. The van der Waals surface area contributed by atoms with E-state index in [1.54, 1.807) is 4.52 Å². The van der Waals surface area contributed by atoms with Gasteiger partial charge in [0.1, 0.15) is 12.1 Å². The van der Waals surface area contributed by atoms with Crippen LogP contribution < -0.4 is 11.0 Å². The molecular weight excluding hydrogens is 342 g/mol. The first kappa shape index (κ1) is 15.3. The van der Waals surface area contributed by atoms with Crippen molar-refractivity contribution in [3.05, 3.63) is 77.0 Å². The molecule has 5 aromatic rings. The summed E-state index contributed by atoms with van der Waals surface area (Å²) in [6, 6.07) is 17.7. The maximum Gasteiger partial charge on any atom is 0.323 e. The molecular formula is C19H15N7O. The Labute approximate surface area is 152 Å². The van der Waals surface area contributed by atoms with Gasteiger partial charge in [-0.15, -0.1) is 0 Å². The molecule has 5 rings (SSSR count). The molecule has 0 atom stereocenters. The fraction of sp³-hybridized carbons (Fsp3) is 0.0526. The monoisotopic (exact) mass is 357 g/mol. The summed E-state index contributed by atoms with van der Waals surface area (Å²) in [6.45, 7) is 0.566. The van der Waals surface area contributed by atoms with Crippen molar-refractivity contribution in [3.8, 4) is 11.3 Å². The standard InChI is InChI=1S/C19H15N7O/c27-19-24-14-7-6-12(8-16(14)25-19)10-20-17-9-15(13-4-2-1-3-5-13)23-18-21-11-22-26(17)18/h1-9,11,20H,10H2,(H2,24,25,27). The molecule has 0 saturated carbocycles. The van der Waals surface area contributed by atoms with Gasteiger partial charge in [-0.2, -0.15) is 14.6 Å². The summed E-state index contributed by atoms with van der Waals surface area (Å²) in [6.07, 6.45) is 1.49. The van der Waals surface area contributed by atoms with Crippen molar-refractivity contribution in [3.63, 3.8) is 0 Å². The first-order valence-electron chi connectivity index (χ1n) is 8.47. The molecule has 3 aromatic heterocycles. The molecule has 3 N–H and O–H groups in total. The highest BCUT2D eigenvalue weighted by Crippen LogP contribution is 2.22. The molecule has 0 amide bonds. The third-order valence-corrected chi connectivity index (χ3v) is 4.38. The number of benzene rings is 2. The number of hydrogen-bond donors (Lipinski definition) is 3. The molecule has 0 aliphatic rings. The van der Waals surface area contributed by atoms with Crippen LogP contribution in [0.5, 0.6) is 0 Å². The lowest BCUT2D eigenvalue weighted by molar-refractivity contribution is 0.927. The van der Waals surface area contributed by atoms with Crippen LogP contribution in [0.1, 0.15) is 5.56 Å². The normalized spacial score (nSPS) is 11.3. The minimum Gasteiger partial charge on any atom is -0.366 e. The van der Waals surface area contributed by atoms with Gasteiger partial charge in [-0.05, 0) is 17.7 Å². The van der Waals surface area contributed by atoms with Crippen molar-refractivity contribution < 1.29 is 0 Å². The van der Waals surface area contributed by atoms with Crippen LogP contribution in [0.4, 0.5) is 5.82 Å². The lowest BCUT2D eigenvalue weighted by Crippen LogP contribution is -2.07. The van der Waals surface area contributed by atoms with Gasteiger partial charge in [0.05, 0.1) is 16.7 Å². The van der Waals surface area contributed by atoms with Crippen molar-refractivity contribution in [2.45, 2.75) is 6.54 Å². The number of hydrogen-bond acceptors (Lipinski definition) is 5. The van der Waals surface area contributed by atoms with Gasteiger partial charge >= 0.3 is 5.69 Å². The van der Waals surface area contributed by atoms with Crippen LogP contribution in [0.25, 0.3) is 28.1 Å². The predicted octanol–water partition coefficient (Wildman–Crippen LogP) is 2.57. The number of fused-ring (bicyclic) bond motifs is 2. The van der Waals surface area contributed by atoms with E-state index in [2.05, 4.69) is 30.4 Å². The van der Waals surface area contributed by atoms with Gasteiger partial charge in [-0.25, -0.2) is 9.78 Å². The second-order valence-electron chi connectivity index (χ2n) is 6.18. The number of aromatic nitrogens is 6. The minimum atomic E-state index is -0.207. The van der Waals surface area contributed by atoms with E-state index in [9.17, 15) is 4.79 Å². The van der Waals surface area contributed by atoms with E-state index in [1.807, 2.05) is 54.6 Å². The molecule has 0 radical (unpaired) electrons. The number of aromatic amines is 2. The number of anilines is 1. The molecule has 27 heavy (non-hydrogen) atoms. The summed E-state index contributed by atoms with van der Waals surface area (Å²) in [7, 11) is 0. The topological polar surface area (TPSA) is 104 Å². The molecule has 0 saturated heterocycles. The van der Waals surface area contributed by atoms with Crippen LogP contribution in [0.3, 0.4) is 0 Å². The number of rotatable bonds is 4. The highest BCUT2D eigenvalue weighted by Gasteiger charge is 2.09. The molecule has 2 aromatic carbocycles. The molecule has 3 heterocycles. The Morgan fingerprint density at radius 1 is 1.00 bits per heavy atom. The summed E-state index contributed by atoms with van der Waals surface area (Å²) in [4.78, 5) is 25.7. The highest BCUT2D eigenvalue weighted by atomic mass is 16.1. The Kier molecular flexibility index (Phi) is 3.46. The van der Waals surface area contributed by atoms with Gasteiger partial charge in [0, 0.05) is 18.2 Å². The molecule has 0 spiro atoms. The van der Waals surface area contributed by atoms with Crippen LogP contribution in [0.2, 0.25) is 0 Å². The summed E-state index contributed by atoms with van der Waals surface area (Å²) in [5.74, 6) is 1.32. The Morgan fingerprint density at radius 2 is 1.85 bits per heavy atom. The summed E-state index contributed by atoms with van der Waals surface area (Å²) >= 11 is 0. The van der Waals surface area contributed by atoms with Gasteiger partial charge in [0.15, 0.2) is 0 Å². The summed E-state index contributed by atoms with van der Waals surface area (Å²) in [5.41, 5.74) is 4.23. The zero-order valence-corrected chi connectivity index (χ0v) is 14.2. The highest BCUT2D eigenvalue weighted by molar-refractivity contribution is 5.75. The average Bonchev–Trinajstić information content (AvgIpc) is 3.31. The van der Waals surface area contributed by atoms with E-state index in [0.717, 1.165) is 33.7 Å². The lowest BCUT2D eigenvalue weighted by Gasteiger charge is -2.10. The van der Waals surface area contributed by atoms with Gasteiger partial charge in [0.2, 0.25) is 0 Å². The van der Waals surface area contributed by atoms with Crippen LogP contribution >= 0.6 is 0 Å². The van der Waals surface area contributed by atoms with Gasteiger partial charge < -0.3 is 15.3 Å². The van der Waals surface area contributed by atoms with E-state index in [-0.39, 0.29) is 5.69 Å². The van der Waals surface area contributed by atoms with Crippen molar-refractivity contribution >= 4 is 22.6 Å². The molecule has 0 aliphatic carbocycles. The second kappa shape index (κ2) is 6.10. The van der Waals surface area contributed by atoms with E-state index < -0.39 is 0 Å². The molecule has 0 fully saturated rings. The third kappa shape index (κ3) is 2.82. The van der Waals surface area contributed by atoms with Crippen LogP contribution in [0, 0.1) is 0 Å². The first-order chi connectivity index (χ1) is 13.3. The Hall–Kier alpha value is -3.94. The fourth-order valence-electron chi connectivity index (χ4n) is 3.08. The molecule has 0 aliphatic heterocycles. The zero-order chi connectivity index (χ0) is 18.2. The largest absolute Gasteiger partial charge is 0.366 e. The second-order valence-corrected chi connectivity index (χ2v) is 6.18. The molecule has 8 nitrogen and oxygen atoms in total. The van der Waals surface area contributed by atoms with Crippen molar-refractivity contribution in [1.29, 1.82) is 0 Å². The minimum absolute atomic E-state index is 0.207. The summed E-state index contributed by atoms with van der Waals surface area (Å²) < 4.78 is 1.67. The maximum atomic E-state index is 11.4. The average molecular weight is 357 g/mol. The van der Waals surface area contributed by atoms with E-state index in [0.29, 0.717) is 12.3 Å². The molecule has 0 bridgehead atoms. The SMILES string of the molecule is O=c1[nH]c2ccc(CNc3cc(-c4ccccc4)nc4ncnn34)cc2[nH]1. The first-order valence-corrected chi connectivity index (χ1v) is 8.47. The maximum absolute atomic E-state index is 11.4. The third-order valence-electron chi connectivity index (χ3n) is 4.38. The van der Waals surface area contributed by atoms with Crippen molar-refractivity contribution in [1.82, 2.24) is 29.5 Å². The van der Waals surface area contributed by atoms with Crippen LogP contribution in [-0.4, -0.2) is 29.5 Å². The van der Waals surface area contributed by atoms with Gasteiger partial charge in [0.25, 0.3) is 5.78 Å². The zero-order valence-electron chi connectivity index (χ0n) is 14.2. The van der Waals surface area contributed by atoms with Crippen LogP contribution in [0.15, 0.2) is 65.7 Å². The quantitative estimate of drug-likeness (QED) is 0.459. The Morgan fingerprint density at radius 3 is 2.74 bits per heavy atom. The number of imidazole rings is 1.